The van der Waals surface area contributed by atoms with E-state index in [-0.39, 0.29) is 23.6 Å². The summed E-state index contributed by atoms with van der Waals surface area (Å²) in [6, 6.07) is 7.09. The van der Waals surface area contributed by atoms with Gasteiger partial charge in [-0.2, -0.15) is 0 Å². The zero-order chi connectivity index (χ0) is 35.9. The first-order valence-corrected chi connectivity index (χ1v) is 20.0. The third-order valence-corrected chi connectivity index (χ3v) is 16.0. The third-order valence-electron chi connectivity index (χ3n) is 16.0. The number of piperidine rings is 2. The molecule has 8 atom stereocenters. The van der Waals surface area contributed by atoms with E-state index >= 15 is 0 Å². The first kappa shape index (κ1) is 32.2. The molecule has 2 saturated carbocycles. The summed E-state index contributed by atoms with van der Waals surface area (Å²) < 4.78 is 16.4. The molecule has 11 rings (SSSR count). The number of hydrogen-bond acceptors (Lipinski definition) is 8. The fourth-order valence-electron chi connectivity index (χ4n) is 13.0. The van der Waals surface area contributed by atoms with E-state index in [1.807, 2.05) is 12.1 Å². The van der Waals surface area contributed by atoms with Crippen molar-refractivity contribution >= 4 is 0 Å². The Bertz CT molecular complexity index is 1930. The highest BCUT2D eigenvalue weighted by molar-refractivity contribution is 5.66. The Balaban J connectivity index is 1.15. The number of benzene rings is 2. The Morgan fingerprint density at radius 3 is 1.46 bits per heavy atom. The number of phenolic OH excluding ortho intramolecular Hbond substituents is 2. The molecule has 2 aromatic carbocycles. The number of aryl methyl sites for hydroxylation is 2. The SMILES string of the molecule is Cc1ccc(O)c2c1C13CCN(CC4CC4)C(C)C1(O)Cc1c4c(n(C)c1C3O2)C1Oc2c(O)ccc(C)c2C12CCN(CC1CC1)C(C)C2(O)C4. The summed E-state index contributed by atoms with van der Waals surface area (Å²) in [5.74, 6) is 2.60. The summed E-state index contributed by atoms with van der Waals surface area (Å²) in [7, 11) is 2.11. The van der Waals surface area contributed by atoms with Crippen molar-refractivity contribution in [3.05, 3.63) is 69.0 Å². The molecular formula is C43H53N3O6. The van der Waals surface area contributed by atoms with Crippen molar-refractivity contribution in [2.24, 2.45) is 18.9 Å². The van der Waals surface area contributed by atoms with Crippen LogP contribution in [-0.4, -0.2) is 84.3 Å². The lowest BCUT2D eigenvalue weighted by Crippen LogP contribution is -2.72. The van der Waals surface area contributed by atoms with Crippen LogP contribution in [0.25, 0.3) is 0 Å². The highest BCUT2D eigenvalue weighted by atomic mass is 16.5. The number of fused-ring (bicyclic) bond motifs is 7. The zero-order valence-electron chi connectivity index (χ0n) is 31.2. The smallest absolute Gasteiger partial charge is 0.166 e. The summed E-state index contributed by atoms with van der Waals surface area (Å²) in [6.45, 7) is 12.3. The molecule has 8 unspecified atom stereocenters. The molecular weight excluding hydrogens is 654 g/mol. The molecule has 276 valence electrons. The van der Waals surface area contributed by atoms with E-state index in [1.165, 1.54) is 25.7 Å². The van der Waals surface area contributed by atoms with Gasteiger partial charge < -0.3 is 34.5 Å². The molecule has 9 nitrogen and oxygen atoms in total. The fraction of sp³-hybridized carbons (Fsp3) is 0.628. The molecule has 3 aromatic rings. The van der Waals surface area contributed by atoms with Gasteiger partial charge in [0.25, 0.3) is 0 Å². The van der Waals surface area contributed by atoms with Crippen molar-refractivity contribution in [2.75, 3.05) is 26.2 Å². The van der Waals surface area contributed by atoms with Gasteiger partial charge in [-0.25, -0.2) is 0 Å². The second kappa shape index (κ2) is 10.1. The summed E-state index contributed by atoms with van der Waals surface area (Å²) in [5.41, 5.74) is 4.18. The van der Waals surface area contributed by atoms with Crippen LogP contribution in [0.2, 0.25) is 0 Å². The van der Waals surface area contributed by atoms with Crippen LogP contribution in [0.4, 0.5) is 0 Å². The van der Waals surface area contributed by atoms with Gasteiger partial charge in [-0.15, -0.1) is 0 Å². The van der Waals surface area contributed by atoms with E-state index in [4.69, 9.17) is 9.47 Å². The minimum absolute atomic E-state index is 0.115. The molecule has 4 aliphatic heterocycles. The van der Waals surface area contributed by atoms with Crippen molar-refractivity contribution in [3.8, 4) is 23.0 Å². The number of rotatable bonds is 4. The molecule has 0 radical (unpaired) electrons. The van der Waals surface area contributed by atoms with E-state index in [0.717, 1.165) is 83.8 Å². The van der Waals surface area contributed by atoms with Gasteiger partial charge in [-0.05, 0) is 126 Å². The van der Waals surface area contributed by atoms with Crippen molar-refractivity contribution in [2.45, 2.75) is 125 Å². The van der Waals surface area contributed by atoms with Gasteiger partial charge in [0.2, 0.25) is 0 Å². The normalized spacial score (nSPS) is 38.5. The molecule has 2 spiro atoms. The molecule has 9 heteroatoms. The Kier molecular flexibility index (Phi) is 6.25. The van der Waals surface area contributed by atoms with E-state index in [0.29, 0.717) is 36.2 Å². The first-order chi connectivity index (χ1) is 24.9. The molecule has 0 bridgehead atoms. The summed E-state index contributed by atoms with van der Waals surface area (Å²) in [4.78, 5) is 5.02. The number of aliphatic hydroxyl groups is 2. The minimum Gasteiger partial charge on any atom is -0.504 e. The van der Waals surface area contributed by atoms with Crippen LogP contribution in [0.15, 0.2) is 24.3 Å². The second-order valence-corrected chi connectivity index (χ2v) is 18.4. The van der Waals surface area contributed by atoms with Gasteiger partial charge in [0.1, 0.15) is 0 Å². The van der Waals surface area contributed by atoms with Crippen LogP contribution in [0, 0.1) is 25.7 Å². The highest BCUT2D eigenvalue weighted by Crippen LogP contribution is 2.71. The van der Waals surface area contributed by atoms with E-state index in [1.54, 1.807) is 12.1 Å². The van der Waals surface area contributed by atoms with Crippen molar-refractivity contribution in [1.29, 1.82) is 0 Å². The number of phenols is 2. The van der Waals surface area contributed by atoms with Crippen LogP contribution in [0.3, 0.4) is 0 Å². The van der Waals surface area contributed by atoms with Gasteiger partial charge in [0, 0.05) is 56.2 Å². The molecule has 5 heterocycles. The van der Waals surface area contributed by atoms with Gasteiger partial charge in [-0.1, -0.05) is 12.1 Å². The number of ether oxygens (including phenoxy) is 2. The lowest BCUT2D eigenvalue weighted by Gasteiger charge is -2.60. The van der Waals surface area contributed by atoms with E-state index in [9.17, 15) is 20.4 Å². The molecule has 4 N–H and O–H groups in total. The maximum Gasteiger partial charge on any atom is 0.166 e. The molecule has 0 amide bonds. The lowest BCUT2D eigenvalue weighted by molar-refractivity contribution is -0.165. The Morgan fingerprint density at radius 2 is 1.08 bits per heavy atom. The number of aromatic hydroxyl groups is 2. The van der Waals surface area contributed by atoms with Crippen LogP contribution < -0.4 is 9.47 Å². The van der Waals surface area contributed by atoms with E-state index < -0.39 is 34.2 Å². The first-order valence-electron chi connectivity index (χ1n) is 20.0. The average Bonchev–Trinajstić information content (AvgIpc) is 4.03. The fourth-order valence-corrected chi connectivity index (χ4v) is 13.0. The summed E-state index contributed by atoms with van der Waals surface area (Å²) in [6.07, 6.45) is 6.23. The zero-order valence-corrected chi connectivity index (χ0v) is 31.2. The van der Waals surface area contributed by atoms with Crippen molar-refractivity contribution in [3.63, 3.8) is 0 Å². The van der Waals surface area contributed by atoms with Gasteiger partial charge in [0.15, 0.2) is 35.2 Å². The van der Waals surface area contributed by atoms with Crippen LogP contribution >= 0.6 is 0 Å². The Morgan fingerprint density at radius 1 is 0.673 bits per heavy atom. The summed E-state index contributed by atoms with van der Waals surface area (Å²) >= 11 is 0. The molecule has 1 aromatic heterocycles. The molecule has 4 aliphatic carbocycles. The van der Waals surface area contributed by atoms with Gasteiger partial charge in [0.05, 0.1) is 33.4 Å². The number of likely N-dealkylation sites (tertiary alicyclic amines) is 2. The van der Waals surface area contributed by atoms with Gasteiger partial charge >= 0.3 is 0 Å². The Hall–Kier alpha value is -3.24. The average molecular weight is 708 g/mol. The predicted molar refractivity (Wildman–Crippen MR) is 195 cm³/mol. The monoisotopic (exact) mass is 707 g/mol. The Labute approximate surface area is 306 Å². The molecule has 2 saturated heterocycles. The van der Waals surface area contributed by atoms with E-state index in [2.05, 4.69) is 49.1 Å². The van der Waals surface area contributed by atoms with Crippen LogP contribution in [-0.2, 0) is 30.7 Å². The highest BCUT2D eigenvalue weighted by Gasteiger charge is 2.74. The predicted octanol–water partition coefficient (Wildman–Crippen LogP) is 5.38. The van der Waals surface area contributed by atoms with Crippen LogP contribution in [0.5, 0.6) is 23.0 Å². The van der Waals surface area contributed by atoms with Gasteiger partial charge in [-0.3, -0.25) is 9.80 Å². The maximum atomic E-state index is 13.7. The topological polar surface area (TPSA) is 111 Å². The second-order valence-electron chi connectivity index (χ2n) is 18.4. The number of hydrogen-bond donors (Lipinski definition) is 4. The number of nitrogens with zero attached hydrogens (tertiary/aromatic N) is 3. The molecule has 4 fully saturated rings. The standard InChI is InChI=1S/C43H53N3O6/c1-22-6-12-30(47)36-32(22)40-14-16-45(20-26-8-9-26)24(3)42(40,49)18-28-29-19-43(50)25(4)46(21-27-10-11-27)17-15-41(43)33-23(2)7-13-31(48)37(33)52-39(41)35(29)44(5)34(28)38(40)51-36/h6-7,12-13,24-27,38-39,47-50H,8-11,14-21H2,1-5H3. The molecule has 52 heavy (non-hydrogen) atoms. The molecule has 8 aliphatic rings. The summed E-state index contributed by atoms with van der Waals surface area (Å²) in [5, 5.41) is 50.1. The third kappa shape index (κ3) is 3.61. The van der Waals surface area contributed by atoms with Crippen molar-refractivity contribution in [1.82, 2.24) is 14.4 Å². The lowest BCUT2D eigenvalue weighted by atomic mass is 9.50. The maximum absolute atomic E-state index is 13.7. The number of aromatic nitrogens is 1. The minimum atomic E-state index is -1.20. The largest absolute Gasteiger partial charge is 0.504 e. The quantitative estimate of drug-likeness (QED) is 0.287. The van der Waals surface area contributed by atoms with Crippen LogP contribution in [0.1, 0.15) is 109 Å². The van der Waals surface area contributed by atoms with Crippen molar-refractivity contribution < 1.29 is 29.9 Å².